The molecular formula is C17H26N2O2. The van der Waals surface area contributed by atoms with Crippen LogP contribution in [0.4, 0.5) is 0 Å². The van der Waals surface area contributed by atoms with Crippen molar-refractivity contribution in [2.75, 3.05) is 26.2 Å². The van der Waals surface area contributed by atoms with Gasteiger partial charge in [-0.3, -0.25) is 9.69 Å². The van der Waals surface area contributed by atoms with E-state index in [2.05, 4.69) is 29.3 Å². The Bertz CT molecular complexity index is 454. The number of ether oxygens (including phenoxy) is 1. The number of benzene rings is 1. The van der Waals surface area contributed by atoms with E-state index in [0.29, 0.717) is 19.2 Å². The van der Waals surface area contributed by atoms with E-state index >= 15 is 0 Å². The molecule has 1 aromatic rings. The summed E-state index contributed by atoms with van der Waals surface area (Å²) >= 11 is 0. The van der Waals surface area contributed by atoms with Crippen molar-refractivity contribution in [2.24, 2.45) is 0 Å². The molecule has 1 fully saturated rings. The van der Waals surface area contributed by atoms with Crippen molar-refractivity contribution in [3.8, 4) is 0 Å². The molecule has 1 saturated heterocycles. The molecule has 0 spiro atoms. The zero-order valence-corrected chi connectivity index (χ0v) is 13.1. The van der Waals surface area contributed by atoms with E-state index in [4.69, 9.17) is 4.74 Å². The number of aryl methyl sites for hydroxylation is 1. The Labute approximate surface area is 127 Å². The minimum atomic E-state index is 0.105. The fourth-order valence-corrected chi connectivity index (χ4v) is 2.73. The first-order chi connectivity index (χ1) is 10.2. The fourth-order valence-electron chi connectivity index (χ4n) is 2.73. The quantitative estimate of drug-likeness (QED) is 0.872. The number of likely N-dealkylation sites (tertiary alicyclic amines) is 1. The lowest BCUT2D eigenvalue weighted by atomic mass is 10.1. The molecule has 1 aliphatic heterocycles. The van der Waals surface area contributed by atoms with Gasteiger partial charge in [0.1, 0.15) is 0 Å². The second kappa shape index (κ2) is 8.15. The van der Waals surface area contributed by atoms with Gasteiger partial charge in [-0.1, -0.05) is 24.3 Å². The van der Waals surface area contributed by atoms with Crippen molar-refractivity contribution in [3.63, 3.8) is 0 Å². The Hall–Kier alpha value is -1.39. The molecule has 21 heavy (non-hydrogen) atoms. The number of nitrogens with one attached hydrogen (secondary N) is 1. The van der Waals surface area contributed by atoms with E-state index in [1.165, 1.54) is 11.1 Å². The molecule has 1 aromatic carbocycles. The topological polar surface area (TPSA) is 41.6 Å². The molecule has 0 aromatic heterocycles. The van der Waals surface area contributed by atoms with Crippen molar-refractivity contribution < 1.29 is 9.53 Å². The van der Waals surface area contributed by atoms with E-state index in [9.17, 15) is 4.79 Å². The Morgan fingerprint density at radius 2 is 2.05 bits per heavy atom. The van der Waals surface area contributed by atoms with Gasteiger partial charge in [-0.2, -0.15) is 0 Å². The summed E-state index contributed by atoms with van der Waals surface area (Å²) in [5.41, 5.74) is 2.40. The smallest absolute Gasteiger partial charge is 0.234 e. The largest absolute Gasteiger partial charge is 0.378 e. The predicted octanol–water partition coefficient (Wildman–Crippen LogP) is 2.11. The SMILES string of the molecule is CCOC1CCN(CC(=O)NCc2ccccc2C)CC1. The lowest BCUT2D eigenvalue weighted by molar-refractivity contribution is -0.123. The average Bonchev–Trinajstić information content (AvgIpc) is 2.49. The summed E-state index contributed by atoms with van der Waals surface area (Å²) in [5.74, 6) is 0.105. The Kier molecular flexibility index (Phi) is 6.21. The summed E-state index contributed by atoms with van der Waals surface area (Å²) < 4.78 is 5.63. The molecule has 1 heterocycles. The summed E-state index contributed by atoms with van der Waals surface area (Å²) in [6, 6.07) is 8.15. The van der Waals surface area contributed by atoms with Gasteiger partial charge in [0.25, 0.3) is 0 Å². The summed E-state index contributed by atoms with van der Waals surface area (Å²) in [4.78, 5) is 14.2. The fraction of sp³-hybridized carbons (Fsp3) is 0.588. The number of rotatable bonds is 6. The van der Waals surface area contributed by atoms with Gasteiger partial charge in [0.15, 0.2) is 0 Å². The van der Waals surface area contributed by atoms with Crippen LogP contribution >= 0.6 is 0 Å². The first-order valence-corrected chi connectivity index (χ1v) is 7.84. The third-order valence-corrected chi connectivity index (χ3v) is 4.04. The van der Waals surface area contributed by atoms with Gasteiger partial charge in [0.05, 0.1) is 12.6 Å². The number of carbonyl (C=O) groups excluding carboxylic acids is 1. The second-order valence-corrected chi connectivity index (χ2v) is 5.63. The van der Waals surface area contributed by atoms with Crippen molar-refractivity contribution in [1.29, 1.82) is 0 Å². The highest BCUT2D eigenvalue weighted by Crippen LogP contribution is 2.13. The molecule has 0 radical (unpaired) electrons. The Morgan fingerprint density at radius 3 is 2.71 bits per heavy atom. The zero-order chi connectivity index (χ0) is 15.1. The molecule has 0 atom stereocenters. The molecule has 116 valence electrons. The molecule has 0 unspecified atom stereocenters. The molecule has 1 amide bonds. The van der Waals surface area contributed by atoms with Crippen molar-refractivity contribution in [3.05, 3.63) is 35.4 Å². The summed E-state index contributed by atoms with van der Waals surface area (Å²) in [6.07, 6.45) is 2.43. The first kappa shape index (κ1) is 16.0. The lowest BCUT2D eigenvalue weighted by Crippen LogP contribution is -2.43. The number of hydrogen-bond acceptors (Lipinski definition) is 3. The van der Waals surface area contributed by atoms with Gasteiger partial charge in [-0.25, -0.2) is 0 Å². The minimum Gasteiger partial charge on any atom is -0.378 e. The predicted molar refractivity (Wildman–Crippen MR) is 84.1 cm³/mol. The molecule has 0 bridgehead atoms. The number of amides is 1. The van der Waals surface area contributed by atoms with Crippen molar-refractivity contribution >= 4 is 5.91 Å². The molecular weight excluding hydrogens is 264 g/mol. The van der Waals surface area contributed by atoms with Gasteiger partial charge >= 0.3 is 0 Å². The third-order valence-electron chi connectivity index (χ3n) is 4.04. The number of carbonyl (C=O) groups is 1. The highest BCUT2D eigenvalue weighted by atomic mass is 16.5. The molecule has 0 aliphatic carbocycles. The molecule has 2 rings (SSSR count). The van der Waals surface area contributed by atoms with Crippen LogP contribution in [0.3, 0.4) is 0 Å². The average molecular weight is 290 g/mol. The Morgan fingerprint density at radius 1 is 1.33 bits per heavy atom. The Balaban J connectivity index is 1.70. The van der Waals surface area contributed by atoms with Crippen LogP contribution < -0.4 is 5.32 Å². The van der Waals surface area contributed by atoms with Gasteiger partial charge in [0.2, 0.25) is 5.91 Å². The van der Waals surface area contributed by atoms with E-state index < -0.39 is 0 Å². The van der Waals surface area contributed by atoms with Gasteiger partial charge < -0.3 is 10.1 Å². The van der Waals surface area contributed by atoms with Crippen LogP contribution in [-0.4, -0.2) is 43.2 Å². The zero-order valence-electron chi connectivity index (χ0n) is 13.1. The summed E-state index contributed by atoms with van der Waals surface area (Å²) in [5, 5.41) is 3.01. The number of hydrogen-bond donors (Lipinski definition) is 1. The molecule has 0 saturated carbocycles. The summed E-state index contributed by atoms with van der Waals surface area (Å²) in [6.45, 7) is 7.88. The standard InChI is InChI=1S/C17H26N2O2/c1-3-21-16-8-10-19(11-9-16)13-17(20)18-12-15-7-5-4-6-14(15)2/h4-7,16H,3,8-13H2,1-2H3,(H,18,20). The van der Waals surface area contributed by atoms with Crippen LogP contribution in [0.15, 0.2) is 24.3 Å². The van der Waals surface area contributed by atoms with E-state index in [-0.39, 0.29) is 5.91 Å². The van der Waals surface area contributed by atoms with Crippen LogP contribution in [0.2, 0.25) is 0 Å². The maximum Gasteiger partial charge on any atom is 0.234 e. The van der Waals surface area contributed by atoms with Gasteiger partial charge in [-0.15, -0.1) is 0 Å². The van der Waals surface area contributed by atoms with Crippen LogP contribution in [-0.2, 0) is 16.1 Å². The highest BCUT2D eigenvalue weighted by Gasteiger charge is 2.20. The van der Waals surface area contributed by atoms with Crippen LogP contribution in [0, 0.1) is 6.92 Å². The van der Waals surface area contributed by atoms with E-state index in [1.807, 2.05) is 19.1 Å². The lowest BCUT2D eigenvalue weighted by Gasteiger charge is -2.31. The van der Waals surface area contributed by atoms with Crippen molar-refractivity contribution in [2.45, 2.75) is 39.3 Å². The van der Waals surface area contributed by atoms with Crippen LogP contribution in [0.25, 0.3) is 0 Å². The number of piperidine rings is 1. The maximum atomic E-state index is 12.0. The number of nitrogens with zero attached hydrogens (tertiary/aromatic N) is 1. The van der Waals surface area contributed by atoms with E-state index in [1.54, 1.807) is 0 Å². The van der Waals surface area contributed by atoms with E-state index in [0.717, 1.165) is 32.5 Å². The molecule has 1 aliphatic rings. The maximum absolute atomic E-state index is 12.0. The molecule has 4 nitrogen and oxygen atoms in total. The van der Waals surface area contributed by atoms with Gasteiger partial charge in [0, 0.05) is 26.2 Å². The van der Waals surface area contributed by atoms with Crippen molar-refractivity contribution in [1.82, 2.24) is 10.2 Å². The van der Waals surface area contributed by atoms with Gasteiger partial charge in [-0.05, 0) is 37.8 Å². The second-order valence-electron chi connectivity index (χ2n) is 5.63. The third kappa shape index (κ3) is 5.14. The van der Waals surface area contributed by atoms with Crippen LogP contribution in [0.1, 0.15) is 30.9 Å². The minimum absolute atomic E-state index is 0.105. The van der Waals surface area contributed by atoms with Crippen LogP contribution in [0.5, 0.6) is 0 Å². The summed E-state index contributed by atoms with van der Waals surface area (Å²) in [7, 11) is 0. The normalized spacial score (nSPS) is 16.9. The first-order valence-electron chi connectivity index (χ1n) is 7.84. The monoisotopic (exact) mass is 290 g/mol. The highest BCUT2D eigenvalue weighted by molar-refractivity contribution is 5.78. The molecule has 1 N–H and O–H groups in total. The molecule has 4 heteroatoms.